The highest BCUT2D eigenvalue weighted by Crippen LogP contribution is 2.22. The molecule has 0 saturated carbocycles. The van der Waals surface area contributed by atoms with Crippen LogP contribution in [0.1, 0.15) is 11.1 Å². The quantitative estimate of drug-likeness (QED) is 0.707. The highest BCUT2D eigenvalue weighted by molar-refractivity contribution is 6.31. The number of fused-ring (bicyclic) bond motifs is 1. The third kappa shape index (κ3) is 4.06. The van der Waals surface area contributed by atoms with Crippen molar-refractivity contribution in [1.29, 1.82) is 0 Å². The largest absolute Gasteiger partial charge is 0.361 e. The Bertz CT molecular complexity index is 825. The SMILES string of the molecule is O=C(Cc1ccc(Cl)cc1)NCCc1c[nH]c2cc(Cl)ccc12. The third-order valence-corrected chi connectivity index (χ3v) is 4.21. The zero-order chi connectivity index (χ0) is 16.2. The molecule has 0 bridgehead atoms. The molecule has 0 aliphatic heterocycles. The predicted molar refractivity (Wildman–Crippen MR) is 95.2 cm³/mol. The van der Waals surface area contributed by atoms with E-state index in [9.17, 15) is 4.79 Å². The van der Waals surface area contributed by atoms with Crippen LogP contribution in [0.4, 0.5) is 0 Å². The molecule has 0 saturated heterocycles. The molecule has 5 heteroatoms. The lowest BCUT2D eigenvalue weighted by Gasteiger charge is -2.05. The van der Waals surface area contributed by atoms with Gasteiger partial charge in [-0.25, -0.2) is 0 Å². The maximum atomic E-state index is 12.0. The molecule has 0 spiro atoms. The summed E-state index contributed by atoms with van der Waals surface area (Å²) in [6.45, 7) is 0.599. The lowest BCUT2D eigenvalue weighted by Crippen LogP contribution is -2.27. The summed E-state index contributed by atoms with van der Waals surface area (Å²) < 4.78 is 0. The number of carbonyl (C=O) groups excluding carboxylic acids is 1. The first-order valence-corrected chi connectivity index (χ1v) is 8.14. The van der Waals surface area contributed by atoms with Gasteiger partial charge in [-0.3, -0.25) is 4.79 Å². The van der Waals surface area contributed by atoms with Gasteiger partial charge in [0.15, 0.2) is 0 Å². The van der Waals surface area contributed by atoms with Crippen molar-refractivity contribution in [2.24, 2.45) is 0 Å². The Morgan fingerprint density at radius 2 is 1.78 bits per heavy atom. The number of nitrogens with one attached hydrogen (secondary N) is 2. The standard InChI is InChI=1S/C18H16Cl2N2O/c19-14-3-1-12(2-4-14)9-18(23)21-8-7-13-11-22-17-10-15(20)5-6-16(13)17/h1-6,10-11,22H,7-9H2,(H,21,23). The summed E-state index contributed by atoms with van der Waals surface area (Å²) in [4.78, 5) is 15.2. The maximum absolute atomic E-state index is 12.0. The second-order valence-corrected chi connectivity index (χ2v) is 6.28. The molecule has 3 aromatic rings. The van der Waals surface area contributed by atoms with E-state index in [2.05, 4.69) is 10.3 Å². The molecule has 0 unspecified atom stereocenters. The van der Waals surface area contributed by atoms with Crippen molar-refractivity contribution in [3.8, 4) is 0 Å². The lowest BCUT2D eigenvalue weighted by atomic mass is 10.1. The molecule has 23 heavy (non-hydrogen) atoms. The zero-order valence-electron chi connectivity index (χ0n) is 12.4. The first-order valence-electron chi connectivity index (χ1n) is 7.38. The highest BCUT2D eigenvalue weighted by atomic mass is 35.5. The van der Waals surface area contributed by atoms with Crippen LogP contribution in [0.3, 0.4) is 0 Å². The average molecular weight is 347 g/mol. The van der Waals surface area contributed by atoms with Crippen molar-refractivity contribution in [3.05, 3.63) is 69.8 Å². The van der Waals surface area contributed by atoms with Gasteiger partial charge in [0.2, 0.25) is 5.91 Å². The van der Waals surface area contributed by atoms with Crippen LogP contribution in [-0.2, 0) is 17.6 Å². The van der Waals surface area contributed by atoms with Crippen molar-refractivity contribution in [1.82, 2.24) is 10.3 Å². The minimum absolute atomic E-state index is 0.00945. The van der Waals surface area contributed by atoms with Crippen LogP contribution >= 0.6 is 23.2 Å². The summed E-state index contributed by atoms with van der Waals surface area (Å²) >= 11 is 11.8. The van der Waals surface area contributed by atoms with Gasteiger partial charge in [0, 0.05) is 33.7 Å². The van der Waals surface area contributed by atoms with Gasteiger partial charge in [-0.05, 0) is 41.8 Å². The van der Waals surface area contributed by atoms with E-state index in [1.165, 1.54) is 5.56 Å². The Morgan fingerprint density at radius 1 is 1.04 bits per heavy atom. The fourth-order valence-corrected chi connectivity index (χ4v) is 2.85. The topological polar surface area (TPSA) is 44.9 Å². The minimum Gasteiger partial charge on any atom is -0.361 e. The molecule has 1 heterocycles. The highest BCUT2D eigenvalue weighted by Gasteiger charge is 2.06. The molecule has 1 aromatic heterocycles. The van der Waals surface area contributed by atoms with E-state index in [0.29, 0.717) is 23.0 Å². The number of aromatic nitrogens is 1. The molecule has 2 aromatic carbocycles. The number of amides is 1. The van der Waals surface area contributed by atoms with Crippen LogP contribution in [0.15, 0.2) is 48.7 Å². The fraction of sp³-hybridized carbons (Fsp3) is 0.167. The summed E-state index contributed by atoms with van der Waals surface area (Å²) in [5.74, 6) is 0.00945. The van der Waals surface area contributed by atoms with E-state index >= 15 is 0 Å². The van der Waals surface area contributed by atoms with Crippen LogP contribution in [0.25, 0.3) is 10.9 Å². The number of halogens is 2. The van der Waals surface area contributed by atoms with Crippen LogP contribution in [-0.4, -0.2) is 17.4 Å². The van der Waals surface area contributed by atoms with E-state index in [1.54, 1.807) is 12.1 Å². The van der Waals surface area contributed by atoms with E-state index in [1.807, 2.05) is 36.5 Å². The Morgan fingerprint density at radius 3 is 2.57 bits per heavy atom. The monoisotopic (exact) mass is 346 g/mol. The molecule has 3 nitrogen and oxygen atoms in total. The van der Waals surface area contributed by atoms with Crippen molar-refractivity contribution in [2.75, 3.05) is 6.54 Å². The number of hydrogen-bond donors (Lipinski definition) is 2. The summed E-state index contributed by atoms with van der Waals surface area (Å²) in [5, 5.41) is 5.47. The Labute approximate surface area is 144 Å². The van der Waals surface area contributed by atoms with E-state index in [-0.39, 0.29) is 5.91 Å². The first-order chi connectivity index (χ1) is 11.1. The average Bonchev–Trinajstić information content (AvgIpc) is 2.92. The Hall–Kier alpha value is -1.97. The lowest BCUT2D eigenvalue weighted by molar-refractivity contribution is -0.120. The number of carbonyl (C=O) groups is 1. The molecule has 0 fully saturated rings. The van der Waals surface area contributed by atoms with Gasteiger partial charge in [0.1, 0.15) is 0 Å². The molecule has 0 aliphatic carbocycles. The smallest absolute Gasteiger partial charge is 0.224 e. The van der Waals surface area contributed by atoms with Gasteiger partial charge in [-0.2, -0.15) is 0 Å². The second kappa shape index (κ2) is 7.07. The van der Waals surface area contributed by atoms with Gasteiger partial charge in [0.25, 0.3) is 0 Å². The summed E-state index contributed by atoms with van der Waals surface area (Å²) in [5.41, 5.74) is 3.14. The molecule has 3 rings (SSSR count). The normalized spacial score (nSPS) is 10.9. The van der Waals surface area contributed by atoms with E-state index in [0.717, 1.165) is 22.9 Å². The summed E-state index contributed by atoms with van der Waals surface area (Å²) in [6, 6.07) is 13.1. The Kier molecular flexibility index (Phi) is 4.89. The second-order valence-electron chi connectivity index (χ2n) is 5.41. The van der Waals surface area contributed by atoms with Gasteiger partial charge >= 0.3 is 0 Å². The van der Waals surface area contributed by atoms with Gasteiger partial charge in [-0.15, -0.1) is 0 Å². The van der Waals surface area contributed by atoms with Gasteiger partial charge < -0.3 is 10.3 Å². The van der Waals surface area contributed by atoms with Crippen LogP contribution in [0.2, 0.25) is 10.0 Å². The van der Waals surface area contributed by atoms with Crippen molar-refractivity contribution < 1.29 is 4.79 Å². The van der Waals surface area contributed by atoms with Gasteiger partial charge in [-0.1, -0.05) is 41.4 Å². The zero-order valence-corrected chi connectivity index (χ0v) is 13.9. The van der Waals surface area contributed by atoms with Gasteiger partial charge in [0.05, 0.1) is 6.42 Å². The molecule has 1 amide bonds. The maximum Gasteiger partial charge on any atom is 0.224 e. The predicted octanol–water partition coefficient (Wildman–Crippen LogP) is 4.38. The van der Waals surface area contributed by atoms with Crippen LogP contribution in [0, 0.1) is 0 Å². The van der Waals surface area contributed by atoms with Crippen molar-refractivity contribution >= 4 is 40.0 Å². The third-order valence-electron chi connectivity index (χ3n) is 3.72. The van der Waals surface area contributed by atoms with Crippen molar-refractivity contribution in [2.45, 2.75) is 12.8 Å². The minimum atomic E-state index is 0.00945. The van der Waals surface area contributed by atoms with E-state index < -0.39 is 0 Å². The number of rotatable bonds is 5. The molecular weight excluding hydrogens is 331 g/mol. The van der Waals surface area contributed by atoms with Crippen molar-refractivity contribution in [3.63, 3.8) is 0 Å². The number of H-pyrrole nitrogens is 1. The molecule has 118 valence electrons. The summed E-state index contributed by atoms with van der Waals surface area (Å²) in [6.07, 6.45) is 3.10. The number of benzene rings is 2. The number of aromatic amines is 1. The number of hydrogen-bond acceptors (Lipinski definition) is 1. The molecule has 0 atom stereocenters. The van der Waals surface area contributed by atoms with E-state index in [4.69, 9.17) is 23.2 Å². The summed E-state index contributed by atoms with van der Waals surface area (Å²) in [7, 11) is 0. The molecule has 0 radical (unpaired) electrons. The van der Waals surface area contributed by atoms with Crippen LogP contribution in [0.5, 0.6) is 0 Å². The molecule has 2 N–H and O–H groups in total. The fourth-order valence-electron chi connectivity index (χ4n) is 2.55. The molecular formula is C18H16Cl2N2O. The van der Waals surface area contributed by atoms with Crippen LogP contribution < -0.4 is 5.32 Å². The first kappa shape index (κ1) is 15.9. The Balaban J connectivity index is 1.54. The molecule has 0 aliphatic rings.